The first-order valence-corrected chi connectivity index (χ1v) is 7.78. The minimum atomic E-state index is 0.196. The van der Waals surface area contributed by atoms with Crippen LogP contribution in [0, 0.1) is 0 Å². The molecular weight excluding hydrogens is 266 g/mol. The monoisotopic (exact) mass is 283 g/mol. The third kappa shape index (κ3) is 2.46. The van der Waals surface area contributed by atoms with Crippen molar-refractivity contribution in [2.75, 3.05) is 11.4 Å². The molecule has 1 heterocycles. The summed E-state index contributed by atoms with van der Waals surface area (Å²) in [6.45, 7) is 2.75. The molecule has 0 spiro atoms. The first kappa shape index (κ1) is 13.3. The van der Waals surface area contributed by atoms with Gasteiger partial charge in [-0.25, -0.2) is 0 Å². The Morgan fingerprint density at radius 1 is 1.10 bits per heavy atom. The Labute approximate surface area is 123 Å². The lowest BCUT2D eigenvalue weighted by molar-refractivity contribution is -0.118. The molecule has 2 aromatic rings. The van der Waals surface area contributed by atoms with Gasteiger partial charge in [0.15, 0.2) is 0 Å². The van der Waals surface area contributed by atoms with Crippen molar-refractivity contribution >= 4 is 23.4 Å². The molecule has 1 atom stereocenters. The van der Waals surface area contributed by atoms with E-state index in [-0.39, 0.29) is 11.2 Å². The van der Waals surface area contributed by atoms with Crippen LogP contribution in [0.3, 0.4) is 0 Å². The average molecular weight is 283 g/mol. The van der Waals surface area contributed by atoms with E-state index in [1.165, 1.54) is 10.5 Å². The highest BCUT2D eigenvalue weighted by Gasteiger charge is 2.27. The van der Waals surface area contributed by atoms with Crippen LogP contribution >= 0.6 is 11.8 Å². The van der Waals surface area contributed by atoms with Gasteiger partial charge in [0, 0.05) is 23.1 Å². The third-order valence-corrected chi connectivity index (χ3v) is 4.90. The molecule has 1 aliphatic rings. The van der Waals surface area contributed by atoms with Crippen molar-refractivity contribution in [3.05, 3.63) is 60.2 Å². The smallest absolute Gasteiger partial charge is 0.228 e. The molecule has 0 aliphatic carbocycles. The van der Waals surface area contributed by atoms with E-state index < -0.39 is 0 Å². The molecule has 20 heavy (non-hydrogen) atoms. The van der Waals surface area contributed by atoms with Crippen molar-refractivity contribution in [2.45, 2.75) is 23.5 Å². The van der Waals surface area contributed by atoms with E-state index in [0.29, 0.717) is 6.42 Å². The standard InChI is InChI=1S/C17H17NOS/c1-2-18-14-10-6-7-11-15(14)20-16(12-17(18)19)13-8-4-3-5-9-13/h3-11,16H,2,12H2,1H3. The first-order valence-electron chi connectivity index (χ1n) is 6.90. The van der Waals surface area contributed by atoms with E-state index in [1.807, 2.05) is 48.2 Å². The van der Waals surface area contributed by atoms with Gasteiger partial charge >= 0.3 is 0 Å². The van der Waals surface area contributed by atoms with E-state index in [0.717, 1.165) is 12.2 Å². The number of rotatable bonds is 2. The maximum Gasteiger partial charge on any atom is 0.228 e. The third-order valence-electron chi connectivity index (χ3n) is 3.57. The number of fused-ring (bicyclic) bond motifs is 1. The molecule has 2 aromatic carbocycles. The van der Waals surface area contributed by atoms with Crippen molar-refractivity contribution < 1.29 is 4.79 Å². The van der Waals surface area contributed by atoms with Crippen molar-refractivity contribution in [3.8, 4) is 0 Å². The van der Waals surface area contributed by atoms with Gasteiger partial charge in [-0.15, -0.1) is 11.8 Å². The molecule has 2 nitrogen and oxygen atoms in total. The zero-order valence-electron chi connectivity index (χ0n) is 11.5. The molecule has 1 aliphatic heterocycles. The zero-order valence-corrected chi connectivity index (χ0v) is 12.3. The van der Waals surface area contributed by atoms with Crippen LogP contribution in [-0.2, 0) is 4.79 Å². The molecule has 3 rings (SSSR count). The minimum Gasteiger partial charge on any atom is -0.312 e. The Kier molecular flexibility index (Phi) is 3.79. The molecule has 1 unspecified atom stereocenters. The molecule has 0 bridgehead atoms. The second-order valence-corrected chi connectivity index (χ2v) is 6.07. The Bertz CT molecular complexity index is 611. The highest BCUT2D eigenvalue weighted by molar-refractivity contribution is 7.99. The molecule has 0 aromatic heterocycles. The summed E-state index contributed by atoms with van der Waals surface area (Å²) in [7, 11) is 0. The average Bonchev–Trinajstić information content (AvgIpc) is 2.63. The summed E-state index contributed by atoms with van der Waals surface area (Å²) >= 11 is 1.79. The Morgan fingerprint density at radius 3 is 2.55 bits per heavy atom. The van der Waals surface area contributed by atoms with Gasteiger partial charge in [-0.2, -0.15) is 0 Å². The molecule has 0 saturated carbocycles. The topological polar surface area (TPSA) is 20.3 Å². The van der Waals surface area contributed by atoms with Crippen LogP contribution in [0.2, 0.25) is 0 Å². The maximum atomic E-state index is 12.5. The van der Waals surface area contributed by atoms with Crippen molar-refractivity contribution in [1.82, 2.24) is 0 Å². The van der Waals surface area contributed by atoms with Crippen molar-refractivity contribution in [3.63, 3.8) is 0 Å². The summed E-state index contributed by atoms with van der Waals surface area (Å²) in [5.41, 5.74) is 2.27. The molecule has 0 fully saturated rings. The van der Waals surface area contributed by atoms with E-state index in [9.17, 15) is 4.79 Å². The first-order chi connectivity index (χ1) is 9.79. The molecule has 1 amide bonds. The van der Waals surface area contributed by atoms with Gasteiger partial charge in [0.05, 0.1) is 5.69 Å². The second kappa shape index (κ2) is 5.71. The van der Waals surface area contributed by atoms with Crippen LogP contribution in [0.4, 0.5) is 5.69 Å². The molecule has 0 N–H and O–H groups in total. The molecular formula is C17H17NOS. The Hall–Kier alpha value is -1.74. The highest BCUT2D eigenvalue weighted by atomic mass is 32.2. The number of anilines is 1. The number of benzene rings is 2. The number of thioether (sulfide) groups is 1. The van der Waals surface area contributed by atoms with Crippen LogP contribution in [0.1, 0.15) is 24.2 Å². The lowest BCUT2D eigenvalue weighted by atomic mass is 10.1. The summed E-state index contributed by atoms with van der Waals surface area (Å²) in [6.07, 6.45) is 0.553. The minimum absolute atomic E-state index is 0.196. The van der Waals surface area contributed by atoms with Gasteiger partial charge in [-0.1, -0.05) is 42.5 Å². The quantitative estimate of drug-likeness (QED) is 0.820. The van der Waals surface area contributed by atoms with Gasteiger partial charge in [-0.3, -0.25) is 4.79 Å². The number of amides is 1. The SMILES string of the molecule is CCN1C(=O)CC(c2ccccc2)Sc2ccccc21. The molecule has 3 heteroatoms. The van der Waals surface area contributed by atoms with Crippen LogP contribution < -0.4 is 4.90 Å². The van der Waals surface area contributed by atoms with Gasteiger partial charge in [0.2, 0.25) is 5.91 Å². The second-order valence-electron chi connectivity index (χ2n) is 4.83. The van der Waals surface area contributed by atoms with Gasteiger partial charge < -0.3 is 4.90 Å². The lowest BCUT2D eigenvalue weighted by Crippen LogP contribution is -2.30. The van der Waals surface area contributed by atoms with Crippen LogP contribution in [0.15, 0.2) is 59.5 Å². The van der Waals surface area contributed by atoms with E-state index in [4.69, 9.17) is 0 Å². The zero-order chi connectivity index (χ0) is 13.9. The van der Waals surface area contributed by atoms with Crippen LogP contribution in [0.5, 0.6) is 0 Å². The number of para-hydroxylation sites is 1. The number of carbonyl (C=O) groups is 1. The largest absolute Gasteiger partial charge is 0.312 e. The Balaban J connectivity index is 2.02. The van der Waals surface area contributed by atoms with E-state index >= 15 is 0 Å². The predicted octanol–water partition coefficient (Wildman–Crippen LogP) is 4.28. The normalized spacial score (nSPS) is 18.6. The van der Waals surface area contributed by atoms with E-state index in [1.54, 1.807) is 11.8 Å². The Morgan fingerprint density at radius 2 is 1.80 bits per heavy atom. The molecule has 102 valence electrons. The summed E-state index contributed by atoms with van der Waals surface area (Å²) in [6, 6.07) is 18.5. The number of hydrogen-bond donors (Lipinski definition) is 0. The maximum absolute atomic E-state index is 12.5. The summed E-state index contributed by atoms with van der Waals surface area (Å²) < 4.78 is 0. The summed E-state index contributed by atoms with van der Waals surface area (Å²) in [5, 5.41) is 0.196. The number of hydrogen-bond acceptors (Lipinski definition) is 2. The van der Waals surface area contributed by atoms with E-state index in [2.05, 4.69) is 18.2 Å². The molecule has 0 radical (unpaired) electrons. The van der Waals surface area contributed by atoms with Crippen LogP contribution in [-0.4, -0.2) is 12.5 Å². The van der Waals surface area contributed by atoms with Gasteiger partial charge in [-0.05, 0) is 24.6 Å². The fourth-order valence-corrected chi connectivity index (χ4v) is 3.86. The summed E-state index contributed by atoms with van der Waals surface area (Å²) in [5.74, 6) is 0.207. The van der Waals surface area contributed by atoms with Gasteiger partial charge in [0.25, 0.3) is 0 Å². The van der Waals surface area contributed by atoms with Gasteiger partial charge in [0.1, 0.15) is 0 Å². The van der Waals surface area contributed by atoms with Crippen molar-refractivity contribution in [2.24, 2.45) is 0 Å². The predicted molar refractivity (Wildman–Crippen MR) is 84.1 cm³/mol. The molecule has 0 saturated heterocycles. The fraction of sp³-hybridized carbons (Fsp3) is 0.235. The number of nitrogens with zero attached hydrogens (tertiary/aromatic N) is 1. The highest BCUT2D eigenvalue weighted by Crippen LogP contribution is 2.45. The fourth-order valence-electron chi connectivity index (χ4n) is 2.58. The van der Waals surface area contributed by atoms with Crippen LogP contribution in [0.25, 0.3) is 0 Å². The lowest BCUT2D eigenvalue weighted by Gasteiger charge is -2.20. The van der Waals surface area contributed by atoms with Crippen molar-refractivity contribution in [1.29, 1.82) is 0 Å². The number of carbonyl (C=O) groups excluding carboxylic acids is 1. The summed E-state index contributed by atoms with van der Waals surface area (Å²) in [4.78, 5) is 15.6.